The lowest BCUT2D eigenvalue weighted by molar-refractivity contribution is -0.138. The molecule has 1 aliphatic heterocycles. The zero-order valence-electron chi connectivity index (χ0n) is 17.3. The van der Waals surface area contributed by atoms with Crippen molar-refractivity contribution in [2.24, 2.45) is 0 Å². The van der Waals surface area contributed by atoms with E-state index in [-0.39, 0.29) is 29.9 Å². The molecule has 32 heavy (non-hydrogen) atoms. The SMILES string of the molecule is C[C@@H]1CN(Cc2ccc(F)c(F)c2)CCN1C(=O)COc1ccc(Br)cc1CS(=O)(=O)O. The number of carbonyl (C=O) groups excluding carboxylic acids is 1. The Morgan fingerprint density at radius 2 is 1.94 bits per heavy atom. The van der Waals surface area contributed by atoms with Crippen molar-refractivity contribution in [3.05, 3.63) is 63.6 Å². The number of benzene rings is 2. The van der Waals surface area contributed by atoms with Gasteiger partial charge in [-0.1, -0.05) is 22.0 Å². The van der Waals surface area contributed by atoms with E-state index in [2.05, 4.69) is 20.8 Å². The summed E-state index contributed by atoms with van der Waals surface area (Å²) in [6.45, 7) is 3.59. The van der Waals surface area contributed by atoms with E-state index >= 15 is 0 Å². The normalized spacial score (nSPS) is 17.4. The van der Waals surface area contributed by atoms with E-state index in [0.29, 0.717) is 36.2 Å². The molecule has 11 heteroatoms. The van der Waals surface area contributed by atoms with Crippen molar-refractivity contribution in [3.8, 4) is 5.75 Å². The fraction of sp³-hybridized carbons (Fsp3) is 0.381. The maximum Gasteiger partial charge on any atom is 0.269 e. The van der Waals surface area contributed by atoms with Crippen LogP contribution in [0.5, 0.6) is 5.75 Å². The van der Waals surface area contributed by atoms with Gasteiger partial charge in [0.15, 0.2) is 18.2 Å². The van der Waals surface area contributed by atoms with E-state index in [4.69, 9.17) is 9.29 Å². The molecule has 0 spiro atoms. The number of piperazine rings is 1. The highest BCUT2D eigenvalue weighted by Gasteiger charge is 2.28. The first-order valence-corrected chi connectivity index (χ1v) is 12.2. The lowest BCUT2D eigenvalue weighted by Crippen LogP contribution is -2.54. The second kappa shape index (κ2) is 10.2. The number of amides is 1. The fourth-order valence-electron chi connectivity index (χ4n) is 3.66. The van der Waals surface area contributed by atoms with Crippen molar-refractivity contribution >= 4 is 32.0 Å². The van der Waals surface area contributed by atoms with E-state index in [0.717, 1.165) is 6.07 Å². The average molecular weight is 533 g/mol. The Morgan fingerprint density at radius 3 is 2.59 bits per heavy atom. The highest BCUT2D eigenvalue weighted by molar-refractivity contribution is 9.10. The molecule has 1 N–H and O–H groups in total. The van der Waals surface area contributed by atoms with Gasteiger partial charge in [-0.05, 0) is 42.8 Å². The van der Waals surface area contributed by atoms with Crippen LogP contribution in [0.2, 0.25) is 0 Å². The van der Waals surface area contributed by atoms with Crippen LogP contribution < -0.4 is 4.74 Å². The third-order valence-electron chi connectivity index (χ3n) is 5.13. The molecule has 174 valence electrons. The van der Waals surface area contributed by atoms with E-state index < -0.39 is 27.5 Å². The summed E-state index contributed by atoms with van der Waals surface area (Å²) in [5, 5.41) is 0. The minimum atomic E-state index is -4.27. The van der Waals surface area contributed by atoms with E-state index in [1.807, 2.05) is 6.92 Å². The van der Waals surface area contributed by atoms with Gasteiger partial charge < -0.3 is 9.64 Å². The van der Waals surface area contributed by atoms with Crippen LogP contribution in [-0.2, 0) is 27.2 Å². The van der Waals surface area contributed by atoms with Crippen LogP contribution in [0.4, 0.5) is 8.78 Å². The number of hydrogen-bond acceptors (Lipinski definition) is 5. The Hall–Kier alpha value is -2.08. The Bertz CT molecular complexity index is 1100. The minimum absolute atomic E-state index is 0.132. The maximum atomic E-state index is 13.4. The molecule has 0 unspecified atom stereocenters. The van der Waals surface area contributed by atoms with Gasteiger partial charge in [-0.25, -0.2) is 8.78 Å². The largest absolute Gasteiger partial charge is 0.483 e. The third kappa shape index (κ3) is 6.71. The molecule has 0 aliphatic carbocycles. The summed E-state index contributed by atoms with van der Waals surface area (Å²) in [6.07, 6.45) is 0. The lowest BCUT2D eigenvalue weighted by Gasteiger charge is -2.39. The number of ether oxygens (including phenoxy) is 1. The van der Waals surface area contributed by atoms with Crippen molar-refractivity contribution in [1.82, 2.24) is 9.80 Å². The van der Waals surface area contributed by atoms with Crippen LogP contribution in [0.3, 0.4) is 0 Å². The molecule has 0 saturated carbocycles. The Morgan fingerprint density at radius 1 is 1.19 bits per heavy atom. The molecule has 7 nitrogen and oxygen atoms in total. The monoisotopic (exact) mass is 532 g/mol. The zero-order chi connectivity index (χ0) is 23.5. The smallest absolute Gasteiger partial charge is 0.269 e. The number of hydrogen-bond donors (Lipinski definition) is 1. The van der Waals surface area contributed by atoms with Crippen molar-refractivity contribution in [2.45, 2.75) is 25.3 Å². The molecule has 0 radical (unpaired) electrons. The molecule has 1 atom stereocenters. The van der Waals surface area contributed by atoms with Gasteiger partial charge >= 0.3 is 0 Å². The summed E-state index contributed by atoms with van der Waals surface area (Å²) in [7, 11) is -4.27. The minimum Gasteiger partial charge on any atom is -0.483 e. The second-order valence-corrected chi connectivity index (χ2v) is 10.1. The number of carbonyl (C=O) groups is 1. The quantitative estimate of drug-likeness (QED) is 0.551. The second-order valence-electron chi connectivity index (χ2n) is 7.69. The van der Waals surface area contributed by atoms with E-state index in [9.17, 15) is 22.0 Å². The van der Waals surface area contributed by atoms with Gasteiger partial charge in [-0.3, -0.25) is 14.2 Å². The fourth-order valence-corrected chi connectivity index (χ4v) is 4.69. The summed E-state index contributed by atoms with van der Waals surface area (Å²) in [5.74, 6) is -2.46. The number of halogens is 3. The van der Waals surface area contributed by atoms with Gasteiger partial charge in [-0.15, -0.1) is 0 Å². The molecule has 2 aromatic rings. The summed E-state index contributed by atoms with van der Waals surface area (Å²) in [4.78, 5) is 16.4. The lowest BCUT2D eigenvalue weighted by atomic mass is 10.1. The van der Waals surface area contributed by atoms with Gasteiger partial charge in [0.05, 0.1) is 0 Å². The molecule has 3 rings (SSSR count). The van der Waals surface area contributed by atoms with Crippen LogP contribution in [0.15, 0.2) is 40.9 Å². The first kappa shape index (κ1) is 24.6. The first-order valence-electron chi connectivity index (χ1n) is 9.84. The molecule has 1 aliphatic rings. The molecule has 0 aromatic heterocycles. The van der Waals surface area contributed by atoms with Crippen molar-refractivity contribution in [3.63, 3.8) is 0 Å². The first-order chi connectivity index (χ1) is 15.0. The molecule has 2 aromatic carbocycles. The Kier molecular flexibility index (Phi) is 7.86. The van der Waals surface area contributed by atoms with Crippen LogP contribution >= 0.6 is 15.9 Å². The molecule has 1 fully saturated rings. The molecular weight excluding hydrogens is 510 g/mol. The van der Waals surface area contributed by atoms with Crippen LogP contribution in [0.25, 0.3) is 0 Å². The van der Waals surface area contributed by atoms with Gasteiger partial charge in [-0.2, -0.15) is 8.42 Å². The molecule has 0 bridgehead atoms. The van der Waals surface area contributed by atoms with Gasteiger partial charge in [0.25, 0.3) is 16.0 Å². The topological polar surface area (TPSA) is 87.2 Å². The standard InChI is InChI=1S/C21H23BrF2N2O5S/c1-14-10-25(11-15-2-4-18(23)19(24)8-15)6-7-26(14)21(27)12-31-20-5-3-17(22)9-16(20)13-32(28,29)30/h2-5,8-9,14H,6-7,10-13H2,1H3,(H,28,29,30)/t14-/m1/s1. The Labute approximate surface area is 193 Å². The average Bonchev–Trinajstić information content (AvgIpc) is 2.69. The van der Waals surface area contributed by atoms with Crippen LogP contribution in [0, 0.1) is 11.6 Å². The number of rotatable bonds is 7. The number of nitrogens with zero attached hydrogens (tertiary/aromatic N) is 2. The highest BCUT2D eigenvalue weighted by Crippen LogP contribution is 2.25. The molecule has 1 heterocycles. The Balaban J connectivity index is 1.57. The van der Waals surface area contributed by atoms with Crippen LogP contribution in [0.1, 0.15) is 18.1 Å². The summed E-state index contributed by atoms with van der Waals surface area (Å²) in [6, 6.07) is 8.36. The maximum absolute atomic E-state index is 13.4. The zero-order valence-corrected chi connectivity index (χ0v) is 19.7. The van der Waals surface area contributed by atoms with Crippen LogP contribution in [-0.4, -0.2) is 61.0 Å². The predicted octanol–water partition coefficient (Wildman–Crippen LogP) is 3.23. The van der Waals surface area contributed by atoms with Crippen molar-refractivity contribution < 1.29 is 31.3 Å². The molecular formula is C21H23BrF2N2O5S. The summed E-state index contributed by atoms with van der Waals surface area (Å²) in [5.41, 5.74) is 0.889. The highest BCUT2D eigenvalue weighted by atomic mass is 79.9. The van der Waals surface area contributed by atoms with Gasteiger partial charge in [0.1, 0.15) is 11.5 Å². The van der Waals surface area contributed by atoms with E-state index in [1.165, 1.54) is 24.3 Å². The van der Waals surface area contributed by atoms with Crippen molar-refractivity contribution in [1.29, 1.82) is 0 Å². The third-order valence-corrected chi connectivity index (χ3v) is 6.30. The van der Waals surface area contributed by atoms with Gasteiger partial charge in [0.2, 0.25) is 0 Å². The predicted molar refractivity (Wildman–Crippen MR) is 118 cm³/mol. The van der Waals surface area contributed by atoms with Crippen molar-refractivity contribution in [2.75, 3.05) is 26.2 Å². The molecule has 1 saturated heterocycles. The summed E-state index contributed by atoms with van der Waals surface area (Å²) < 4.78 is 64.4. The van der Waals surface area contributed by atoms with E-state index in [1.54, 1.807) is 11.0 Å². The van der Waals surface area contributed by atoms with Gasteiger partial charge in [0, 0.05) is 42.3 Å². The molecule has 1 amide bonds. The summed E-state index contributed by atoms with van der Waals surface area (Å²) >= 11 is 3.24.